The van der Waals surface area contributed by atoms with Gasteiger partial charge in [-0.25, -0.2) is 0 Å². The summed E-state index contributed by atoms with van der Waals surface area (Å²) in [5.74, 6) is 5.14. The van der Waals surface area contributed by atoms with Crippen LogP contribution in [0.5, 0.6) is 0 Å². The minimum absolute atomic E-state index is 0.723. The molecule has 0 saturated carbocycles. The number of benzene rings is 1. The van der Waals surface area contributed by atoms with E-state index in [1.807, 2.05) is 24.3 Å². The molecule has 0 heterocycles. The molecule has 0 fully saturated rings. The molecular weight excluding hydrogens is 158 g/mol. The van der Waals surface area contributed by atoms with E-state index < -0.39 is 0 Å². The molecule has 0 aromatic heterocycles. The van der Waals surface area contributed by atoms with Crippen LogP contribution >= 0.6 is 0 Å². The first-order valence-corrected chi connectivity index (χ1v) is 4.11. The Balaban J connectivity index is 2.59. The summed E-state index contributed by atoms with van der Waals surface area (Å²) < 4.78 is 0. The van der Waals surface area contributed by atoms with E-state index >= 15 is 0 Å². The highest BCUT2D eigenvalue weighted by molar-refractivity contribution is 5.49. The lowest BCUT2D eigenvalue weighted by atomic mass is 10.2. The van der Waals surface area contributed by atoms with E-state index in [9.17, 15) is 0 Å². The monoisotopic (exact) mass is 169 g/mol. The standard InChI is InChI=1S/C12H11N/c1-3-5-9-13-12-8-6-7-11(4-2)10-12/h1-2,6-8,10,13H,5,9H2. The maximum Gasteiger partial charge on any atom is 0.0352 e. The molecule has 1 aromatic rings. The Morgan fingerprint density at radius 2 is 2.15 bits per heavy atom. The maximum absolute atomic E-state index is 5.26. The number of hydrogen-bond donors (Lipinski definition) is 1. The van der Waals surface area contributed by atoms with Crippen LogP contribution in [-0.2, 0) is 0 Å². The van der Waals surface area contributed by atoms with Crippen molar-refractivity contribution in [2.24, 2.45) is 0 Å². The molecule has 0 aliphatic heterocycles. The van der Waals surface area contributed by atoms with E-state index in [1.54, 1.807) is 0 Å². The highest BCUT2D eigenvalue weighted by atomic mass is 14.9. The quantitative estimate of drug-likeness (QED) is 0.539. The lowest BCUT2D eigenvalue weighted by molar-refractivity contribution is 1.10. The Morgan fingerprint density at radius 3 is 2.85 bits per heavy atom. The Kier molecular flexibility index (Phi) is 3.48. The summed E-state index contributed by atoms with van der Waals surface area (Å²) in [5, 5.41) is 3.18. The van der Waals surface area contributed by atoms with E-state index in [-0.39, 0.29) is 0 Å². The van der Waals surface area contributed by atoms with Crippen molar-refractivity contribution in [3.63, 3.8) is 0 Å². The largest absolute Gasteiger partial charge is 0.384 e. The molecule has 1 rings (SSSR count). The van der Waals surface area contributed by atoms with Gasteiger partial charge in [0, 0.05) is 24.2 Å². The predicted octanol–water partition coefficient (Wildman–Crippen LogP) is 2.10. The van der Waals surface area contributed by atoms with Crippen LogP contribution in [0.25, 0.3) is 0 Å². The first kappa shape index (κ1) is 9.23. The molecule has 1 N–H and O–H groups in total. The Labute approximate surface area is 79.2 Å². The van der Waals surface area contributed by atoms with E-state index in [0.29, 0.717) is 0 Å². The third-order valence-electron chi connectivity index (χ3n) is 1.63. The molecule has 0 saturated heterocycles. The van der Waals surface area contributed by atoms with Gasteiger partial charge in [-0.05, 0) is 18.2 Å². The van der Waals surface area contributed by atoms with Crippen molar-refractivity contribution in [2.75, 3.05) is 11.9 Å². The van der Waals surface area contributed by atoms with Crippen LogP contribution in [0.15, 0.2) is 24.3 Å². The molecular formula is C12H11N. The average molecular weight is 169 g/mol. The van der Waals surface area contributed by atoms with Gasteiger partial charge in [-0.15, -0.1) is 18.8 Å². The molecule has 64 valence electrons. The second kappa shape index (κ2) is 4.91. The molecule has 1 nitrogen and oxygen atoms in total. The van der Waals surface area contributed by atoms with Gasteiger partial charge >= 0.3 is 0 Å². The van der Waals surface area contributed by atoms with Crippen LogP contribution in [0.4, 0.5) is 5.69 Å². The molecule has 0 bridgehead atoms. The molecule has 0 aliphatic carbocycles. The first-order valence-electron chi connectivity index (χ1n) is 4.11. The summed E-state index contributed by atoms with van der Waals surface area (Å²) >= 11 is 0. The molecule has 0 amide bonds. The SMILES string of the molecule is C#CCCNc1cccc(C#C)c1. The van der Waals surface area contributed by atoms with Crippen LogP contribution in [0.3, 0.4) is 0 Å². The second-order valence-electron chi connectivity index (χ2n) is 2.61. The molecule has 0 radical (unpaired) electrons. The van der Waals surface area contributed by atoms with Crippen LogP contribution in [0.1, 0.15) is 12.0 Å². The van der Waals surface area contributed by atoms with Crippen LogP contribution < -0.4 is 5.32 Å². The van der Waals surface area contributed by atoms with Gasteiger partial charge in [0.05, 0.1) is 0 Å². The lowest BCUT2D eigenvalue weighted by Gasteiger charge is -2.03. The molecule has 1 aromatic carbocycles. The first-order chi connectivity index (χ1) is 6.36. The summed E-state index contributed by atoms with van der Waals surface area (Å²) in [6.45, 7) is 0.782. The number of anilines is 1. The minimum Gasteiger partial charge on any atom is -0.384 e. The van der Waals surface area contributed by atoms with E-state index in [2.05, 4.69) is 17.2 Å². The Morgan fingerprint density at radius 1 is 1.31 bits per heavy atom. The molecule has 0 aliphatic rings. The lowest BCUT2D eigenvalue weighted by Crippen LogP contribution is -1.99. The molecule has 0 spiro atoms. The van der Waals surface area contributed by atoms with Crippen LogP contribution in [-0.4, -0.2) is 6.54 Å². The molecule has 1 heteroatoms. The van der Waals surface area contributed by atoms with Crippen molar-refractivity contribution in [2.45, 2.75) is 6.42 Å². The average Bonchev–Trinajstić information content (AvgIpc) is 2.19. The van der Waals surface area contributed by atoms with Crippen LogP contribution in [0, 0.1) is 24.7 Å². The van der Waals surface area contributed by atoms with Gasteiger partial charge in [0.2, 0.25) is 0 Å². The molecule has 13 heavy (non-hydrogen) atoms. The van der Waals surface area contributed by atoms with Crippen molar-refractivity contribution in [1.29, 1.82) is 0 Å². The van der Waals surface area contributed by atoms with Gasteiger partial charge < -0.3 is 5.32 Å². The van der Waals surface area contributed by atoms with Crippen LogP contribution in [0.2, 0.25) is 0 Å². The van der Waals surface area contributed by atoms with E-state index in [4.69, 9.17) is 12.8 Å². The predicted molar refractivity (Wildman–Crippen MR) is 56.3 cm³/mol. The highest BCUT2D eigenvalue weighted by Crippen LogP contribution is 2.09. The summed E-state index contributed by atoms with van der Waals surface area (Å²) in [7, 11) is 0. The van der Waals surface area contributed by atoms with Gasteiger partial charge in [-0.1, -0.05) is 12.0 Å². The maximum atomic E-state index is 5.26. The zero-order chi connectivity index (χ0) is 9.52. The Bertz CT molecular complexity index is 352. The number of nitrogens with one attached hydrogen (secondary N) is 1. The van der Waals surface area contributed by atoms with Crippen molar-refractivity contribution >= 4 is 5.69 Å². The van der Waals surface area contributed by atoms with E-state index in [0.717, 1.165) is 24.2 Å². The van der Waals surface area contributed by atoms with Crippen molar-refractivity contribution in [3.8, 4) is 24.7 Å². The fraction of sp³-hybridized carbons (Fsp3) is 0.167. The van der Waals surface area contributed by atoms with Gasteiger partial charge in [0.1, 0.15) is 0 Å². The number of hydrogen-bond acceptors (Lipinski definition) is 1. The number of terminal acetylenes is 2. The zero-order valence-corrected chi connectivity index (χ0v) is 7.38. The molecule has 0 unspecified atom stereocenters. The van der Waals surface area contributed by atoms with Gasteiger partial charge in [-0.2, -0.15) is 0 Å². The Hall–Kier alpha value is -1.86. The number of rotatable bonds is 3. The topological polar surface area (TPSA) is 12.0 Å². The fourth-order valence-corrected chi connectivity index (χ4v) is 0.998. The summed E-state index contributed by atoms with van der Waals surface area (Å²) in [4.78, 5) is 0. The van der Waals surface area contributed by atoms with Gasteiger partial charge in [0.15, 0.2) is 0 Å². The molecule has 0 atom stereocenters. The van der Waals surface area contributed by atoms with E-state index in [1.165, 1.54) is 0 Å². The van der Waals surface area contributed by atoms with Gasteiger partial charge in [0.25, 0.3) is 0 Å². The van der Waals surface area contributed by atoms with Crippen molar-refractivity contribution in [1.82, 2.24) is 0 Å². The fourth-order valence-electron chi connectivity index (χ4n) is 0.998. The van der Waals surface area contributed by atoms with Crippen molar-refractivity contribution < 1.29 is 0 Å². The minimum atomic E-state index is 0.723. The summed E-state index contributed by atoms with van der Waals surface area (Å²) in [5.41, 5.74) is 1.90. The normalized spacial score (nSPS) is 8.46. The summed E-state index contributed by atoms with van der Waals surface area (Å²) in [6, 6.07) is 7.72. The van der Waals surface area contributed by atoms with Gasteiger partial charge in [-0.3, -0.25) is 0 Å². The second-order valence-corrected chi connectivity index (χ2v) is 2.61. The smallest absolute Gasteiger partial charge is 0.0352 e. The summed E-state index contributed by atoms with van der Waals surface area (Å²) in [6.07, 6.45) is 11.1. The highest BCUT2D eigenvalue weighted by Gasteiger charge is 1.91. The third kappa shape index (κ3) is 2.93. The van der Waals surface area contributed by atoms with Crippen molar-refractivity contribution in [3.05, 3.63) is 29.8 Å². The third-order valence-corrected chi connectivity index (χ3v) is 1.63. The zero-order valence-electron chi connectivity index (χ0n) is 7.38.